The van der Waals surface area contributed by atoms with Crippen LogP contribution in [-0.4, -0.2) is 38.0 Å². The fraction of sp³-hybridized carbons (Fsp3) is 0.158. The number of amides is 1. The highest BCUT2D eigenvalue weighted by molar-refractivity contribution is 7.09. The maximum atomic E-state index is 13.8. The SMILES string of the molecule is Cc1nc(CN(C)C(=O)c2cc(-c3cn[nH]c3)nc3ccc(F)cc23)cs1. The van der Waals surface area contributed by atoms with Crippen LogP contribution < -0.4 is 0 Å². The van der Waals surface area contributed by atoms with Crippen molar-refractivity contribution in [2.45, 2.75) is 13.5 Å². The molecule has 1 amide bonds. The molecule has 3 heterocycles. The van der Waals surface area contributed by atoms with E-state index in [1.807, 2.05) is 12.3 Å². The van der Waals surface area contributed by atoms with Crippen LogP contribution in [0.2, 0.25) is 0 Å². The van der Waals surface area contributed by atoms with Gasteiger partial charge in [-0.2, -0.15) is 5.10 Å². The van der Waals surface area contributed by atoms with Gasteiger partial charge in [0.15, 0.2) is 0 Å². The molecule has 8 heteroatoms. The standard InChI is InChI=1S/C19H16FN5OS/c1-11-23-14(10-27-11)9-25(2)19(26)16-6-18(12-7-21-22-8-12)24-17-4-3-13(20)5-15(16)17/h3-8,10H,9H2,1-2H3,(H,21,22). The normalized spacial score (nSPS) is 11.1. The van der Waals surface area contributed by atoms with Gasteiger partial charge in [0.1, 0.15) is 5.82 Å². The second-order valence-corrected chi connectivity index (χ2v) is 7.28. The Morgan fingerprint density at radius 2 is 2.15 bits per heavy atom. The molecule has 0 bridgehead atoms. The monoisotopic (exact) mass is 381 g/mol. The van der Waals surface area contributed by atoms with Gasteiger partial charge in [-0.25, -0.2) is 14.4 Å². The minimum Gasteiger partial charge on any atom is -0.336 e. The molecular formula is C19H16FN5OS. The smallest absolute Gasteiger partial charge is 0.254 e. The predicted octanol–water partition coefficient (Wildman–Crippen LogP) is 3.80. The van der Waals surface area contributed by atoms with Crippen LogP contribution in [0.25, 0.3) is 22.2 Å². The number of pyridine rings is 1. The summed E-state index contributed by atoms with van der Waals surface area (Å²) in [6.45, 7) is 2.30. The van der Waals surface area contributed by atoms with Gasteiger partial charge in [-0.1, -0.05) is 0 Å². The average Bonchev–Trinajstić information content (AvgIpc) is 3.32. The van der Waals surface area contributed by atoms with Gasteiger partial charge in [-0.3, -0.25) is 9.89 Å². The lowest BCUT2D eigenvalue weighted by Gasteiger charge is -2.18. The van der Waals surface area contributed by atoms with Gasteiger partial charge >= 0.3 is 0 Å². The van der Waals surface area contributed by atoms with E-state index in [0.717, 1.165) is 16.3 Å². The van der Waals surface area contributed by atoms with Crippen LogP contribution in [0.5, 0.6) is 0 Å². The lowest BCUT2D eigenvalue weighted by Crippen LogP contribution is -2.26. The van der Waals surface area contributed by atoms with Gasteiger partial charge in [0.2, 0.25) is 0 Å². The molecule has 0 spiro atoms. The highest BCUT2D eigenvalue weighted by atomic mass is 32.1. The number of aromatic nitrogens is 4. The summed E-state index contributed by atoms with van der Waals surface area (Å²) >= 11 is 1.54. The topological polar surface area (TPSA) is 74.8 Å². The Balaban J connectivity index is 1.78. The van der Waals surface area contributed by atoms with Crippen molar-refractivity contribution >= 4 is 28.1 Å². The summed E-state index contributed by atoms with van der Waals surface area (Å²) in [6.07, 6.45) is 3.33. The first-order valence-electron chi connectivity index (χ1n) is 8.27. The van der Waals surface area contributed by atoms with E-state index in [9.17, 15) is 9.18 Å². The van der Waals surface area contributed by atoms with Gasteiger partial charge in [0, 0.05) is 29.6 Å². The number of nitrogens with one attached hydrogen (secondary N) is 1. The molecule has 1 N–H and O–H groups in total. The van der Waals surface area contributed by atoms with E-state index >= 15 is 0 Å². The molecule has 27 heavy (non-hydrogen) atoms. The molecule has 4 aromatic rings. The van der Waals surface area contributed by atoms with Gasteiger partial charge < -0.3 is 4.90 Å². The van der Waals surface area contributed by atoms with Gasteiger partial charge in [0.25, 0.3) is 5.91 Å². The fourth-order valence-corrected chi connectivity index (χ4v) is 3.52. The summed E-state index contributed by atoms with van der Waals surface area (Å²) in [5.74, 6) is -0.629. The number of H-pyrrole nitrogens is 1. The number of nitrogens with zero attached hydrogens (tertiary/aromatic N) is 4. The van der Waals surface area contributed by atoms with Crippen molar-refractivity contribution in [1.29, 1.82) is 0 Å². The molecular weight excluding hydrogens is 365 g/mol. The maximum Gasteiger partial charge on any atom is 0.254 e. The first-order chi connectivity index (χ1) is 13.0. The third-order valence-corrected chi connectivity index (χ3v) is 5.03. The molecule has 6 nitrogen and oxygen atoms in total. The minimum absolute atomic E-state index is 0.219. The quantitative estimate of drug-likeness (QED) is 0.583. The molecule has 0 atom stereocenters. The second kappa shape index (κ2) is 6.88. The van der Waals surface area contributed by atoms with Crippen molar-refractivity contribution in [3.05, 3.63) is 64.1 Å². The molecule has 0 fully saturated rings. The van der Waals surface area contributed by atoms with E-state index in [2.05, 4.69) is 20.2 Å². The lowest BCUT2D eigenvalue weighted by molar-refractivity contribution is 0.0785. The van der Waals surface area contributed by atoms with Crippen LogP contribution in [0.15, 0.2) is 42.0 Å². The molecule has 3 aromatic heterocycles. The van der Waals surface area contributed by atoms with E-state index in [-0.39, 0.29) is 5.91 Å². The van der Waals surface area contributed by atoms with Gasteiger partial charge in [-0.05, 0) is 31.2 Å². The molecule has 0 unspecified atom stereocenters. The molecule has 4 rings (SSSR count). The summed E-state index contributed by atoms with van der Waals surface area (Å²) in [7, 11) is 1.71. The van der Waals surface area contributed by atoms with Crippen LogP contribution >= 0.6 is 11.3 Å². The lowest BCUT2D eigenvalue weighted by atomic mass is 10.0. The number of fused-ring (bicyclic) bond motifs is 1. The zero-order chi connectivity index (χ0) is 19.0. The van der Waals surface area contributed by atoms with Crippen LogP contribution in [0.3, 0.4) is 0 Å². The summed E-state index contributed by atoms with van der Waals surface area (Å²) in [5, 5.41) is 10.0. The van der Waals surface area contributed by atoms with Gasteiger partial charge in [-0.15, -0.1) is 11.3 Å². The fourth-order valence-electron chi connectivity index (χ4n) is 2.92. The number of benzene rings is 1. The second-order valence-electron chi connectivity index (χ2n) is 6.22. The molecule has 0 saturated heterocycles. The average molecular weight is 381 g/mol. The summed E-state index contributed by atoms with van der Waals surface area (Å²) in [4.78, 5) is 23.6. The summed E-state index contributed by atoms with van der Waals surface area (Å²) in [5.41, 5.74) is 3.13. The molecule has 0 aliphatic heterocycles. The number of hydrogen-bond donors (Lipinski definition) is 1. The number of halogens is 1. The third-order valence-electron chi connectivity index (χ3n) is 4.21. The van der Waals surface area contributed by atoms with Gasteiger partial charge in [0.05, 0.1) is 40.2 Å². The van der Waals surface area contributed by atoms with E-state index in [0.29, 0.717) is 28.7 Å². The van der Waals surface area contributed by atoms with Crippen molar-refractivity contribution in [2.75, 3.05) is 7.05 Å². The molecule has 136 valence electrons. The van der Waals surface area contributed by atoms with Crippen molar-refractivity contribution in [3.8, 4) is 11.3 Å². The van der Waals surface area contributed by atoms with E-state index in [4.69, 9.17) is 0 Å². The first kappa shape index (κ1) is 17.3. The Bertz CT molecular complexity index is 1120. The number of hydrogen-bond acceptors (Lipinski definition) is 5. The Morgan fingerprint density at radius 1 is 1.30 bits per heavy atom. The van der Waals surface area contributed by atoms with Crippen LogP contribution in [0.1, 0.15) is 21.1 Å². The molecule has 0 aliphatic rings. The number of rotatable bonds is 4. The van der Waals surface area contributed by atoms with Crippen molar-refractivity contribution in [2.24, 2.45) is 0 Å². The van der Waals surface area contributed by atoms with Crippen molar-refractivity contribution < 1.29 is 9.18 Å². The summed E-state index contributed by atoms with van der Waals surface area (Å²) in [6, 6.07) is 5.94. The Morgan fingerprint density at radius 3 is 2.85 bits per heavy atom. The maximum absolute atomic E-state index is 13.8. The zero-order valence-corrected chi connectivity index (χ0v) is 15.5. The summed E-state index contributed by atoms with van der Waals surface area (Å²) < 4.78 is 13.8. The zero-order valence-electron chi connectivity index (χ0n) is 14.7. The predicted molar refractivity (Wildman–Crippen MR) is 102 cm³/mol. The Kier molecular flexibility index (Phi) is 4.41. The highest BCUT2D eigenvalue weighted by Gasteiger charge is 2.19. The minimum atomic E-state index is -0.410. The molecule has 0 radical (unpaired) electrons. The van der Waals surface area contributed by atoms with Crippen LogP contribution in [0.4, 0.5) is 4.39 Å². The van der Waals surface area contributed by atoms with E-state index in [1.54, 1.807) is 47.8 Å². The number of aromatic amines is 1. The first-order valence-corrected chi connectivity index (χ1v) is 9.15. The van der Waals surface area contributed by atoms with Crippen LogP contribution in [0, 0.1) is 12.7 Å². The number of carbonyl (C=O) groups is 1. The molecule has 1 aromatic carbocycles. The number of aryl methyl sites for hydroxylation is 1. The molecule has 0 aliphatic carbocycles. The number of thiazole rings is 1. The Hall–Kier alpha value is -3.13. The van der Waals surface area contributed by atoms with E-state index in [1.165, 1.54) is 12.1 Å². The Labute approximate surface area is 158 Å². The largest absolute Gasteiger partial charge is 0.336 e. The number of carbonyl (C=O) groups excluding carboxylic acids is 1. The van der Waals surface area contributed by atoms with Crippen molar-refractivity contribution in [1.82, 2.24) is 25.1 Å². The third kappa shape index (κ3) is 3.43. The van der Waals surface area contributed by atoms with Crippen molar-refractivity contribution in [3.63, 3.8) is 0 Å². The van der Waals surface area contributed by atoms with Crippen LogP contribution in [-0.2, 0) is 6.54 Å². The molecule has 0 saturated carbocycles. The van der Waals surface area contributed by atoms with E-state index < -0.39 is 5.82 Å². The highest BCUT2D eigenvalue weighted by Crippen LogP contribution is 2.26.